The second kappa shape index (κ2) is 6.07. The lowest BCUT2D eigenvalue weighted by molar-refractivity contribution is 0.476. The van der Waals surface area contributed by atoms with Crippen LogP contribution in [0.5, 0.6) is 0 Å². The molecule has 0 spiro atoms. The zero-order valence-corrected chi connectivity index (χ0v) is 13.3. The van der Waals surface area contributed by atoms with E-state index in [0.29, 0.717) is 16.9 Å². The van der Waals surface area contributed by atoms with Crippen molar-refractivity contribution in [2.45, 2.75) is 62.6 Å². The zero-order chi connectivity index (χ0) is 14.9. The lowest BCUT2D eigenvalue weighted by Gasteiger charge is -2.17. The van der Waals surface area contributed by atoms with E-state index < -0.39 is 10.0 Å². The molecule has 2 aliphatic carbocycles. The van der Waals surface area contributed by atoms with Crippen LogP contribution in [-0.4, -0.2) is 20.5 Å². The van der Waals surface area contributed by atoms with Gasteiger partial charge in [0.15, 0.2) is 0 Å². The quantitative estimate of drug-likeness (QED) is 0.848. The third-order valence-electron chi connectivity index (χ3n) is 4.57. The van der Waals surface area contributed by atoms with E-state index in [4.69, 9.17) is 0 Å². The Morgan fingerprint density at radius 3 is 2.38 bits per heavy atom. The molecule has 1 aromatic carbocycles. The van der Waals surface area contributed by atoms with Crippen molar-refractivity contribution in [3.63, 3.8) is 0 Å². The van der Waals surface area contributed by atoms with Gasteiger partial charge in [-0.1, -0.05) is 25.5 Å². The summed E-state index contributed by atoms with van der Waals surface area (Å²) in [5, 5.41) is 3.43. The van der Waals surface area contributed by atoms with Crippen LogP contribution < -0.4 is 10.0 Å². The van der Waals surface area contributed by atoms with Crippen molar-refractivity contribution in [2.75, 3.05) is 0 Å². The first-order chi connectivity index (χ1) is 10.0. The first-order valence-corrected chi connectivity index (χ1v) is 9.37. The topological polar surface area (TPSA) is 58.2 Å². The highest BCUT2D eigenvalue weighted by Crippen LogP contribution is 2.26. The zero-order valence-electron chi connectivity index (χ0n) is 12.5. The van der Waals surface area contributed by atoms with Crippen molar-refractivity contribution in [1.29, 1.82) is 0 Å². The molecule has 116 valence electrons. The minimum absolute atomic E-state index is 0.0891. The molecule has 2 atom stereocenters. The van der Waals surface area contributed by atoms with Gasteiger partial charge in [0.2, 0.25) is 10.0 Å². The van der Waals surface area contributed by atoms with Gasteiger partial charge in [-0.15, -0.1) is 0 Å². The Kier molecular flexibility index (Phi) is 4.33. The third kappa shape index (κ3) is 3.84. The molecule has 2 N–H and O–H groups in total. The highest BCUT2D eigenvalue weighted by molar-refractivity contribution is 7.89. The molecule has 4 nitrogen and oxygen atoms in total. The Bertz CT molecular complexity index is 579. The average Bonchev–Trinajstić information content (AvgIpc) is 3.21. The van der Waals surface area contributed by atoms with E-state index in [-0.39, 0.29) is 6.04 Å². The van der Waals surface area contributed by atoms with Crippen LogP contribution in [0.1, 0.15) is 44.6 Å². The van der Waals surface area contributed by atoms with Gasteiger partial charge in [0.1, 0.15) is 0 Å². The van der Waals surface area contributed by atoms with E-state index in [1.165, 1.54) is 12.8 Å². The SMILES string of the molecule is CC1CCCC1NS(=O)(=O)c1ccc(CNC2CC2)cc1. The molecule has 21 heavy (non-hydrogen) atoms. The maximum atomic E-state index is 12.4. The Morgan fingerprint density at radius 2 is 1.81 bits per heavy atom. The first-order valence-electron chi connectivity index (χ1n) is 7.89. The fourth-order valence-electron chi connectivity index (χ4n) is 2.92. The van der Waals surface area contributed by atoms with Crippen LogP contribution in [0.4, 0.5) is 0 Å². The number of benzene rings is 1. The lowest BCUT2D eigenvalue weighted by atomic mass is 10.1. The molecule has 0 aliphatic heterocycles. The summed E-state index contributed by atoms with van der Waals surface area (Å²) < 4.78 is 27.6. The molecular weight excluding hydrogens is 284 g/mol. The van der Waals surface area contributed by atoms with E-state index in [1.54, 1.807) is 12.1 Å². The van der Waals surface area contributed by atoms with Crippen molar-refractivity contribution in [3.05, 3.63) is 29.8 Å². The van der Waals surface area contributed by atoms with Gasteiger partial charge >= 0.3 is 0 Å². The number of sulfonamides is 1. The van der Waals surface area contributed by atoms with Gasteiger partial charge in [-0.25, -0.2) is 13.1 Å². The molecule has 0 amide bonds. The van der Waals surface area contributed by atoms with Gasteiger partial charge < -0.3 is 5.32 Å². The van der Waals surface area contributed by atoms with Crippen molar-refractivity contribution in [2.24, 2.45) is 5.92 Å². The minimum atomic E-state index is -3.38. The molecule has 0 aromatic heterocycles. The summed E-state index contributed by atoms with van der Waals surface area (Å²) in [5.41, 5.74) is 1.13. The number of hydrogen-bond acceptors (Lipinski definition) is 3. The van der Waals surface area contributed by atoms with Crippen molar-refractivity contribution < 1.29 is 8.42 Å². The van der Waals surface area contributed by atoms with Crippen LogP contribution in [0.25, 0.3) is 0 Å². The molecule has 2 unspecified atom stereocenters. The van der Waals surface area contributed by atoms with E-state index in [2.05, 4.69) is 17.0 Å². The highest BCUT2D eigenvalue weighted by atomic mass is 32.2. The summed E-state index contributed by atoms with van der Waals surface area (Å²) in [7, 11) is -3.38. The summed E-state index contributed by atoms with van der Waals surface area (Å²) in [4.78, 5) is 0.372. The summed E-state index contributed by atoms with van der Waals surface area (Å²) >= 11 is 0. The molecule has 0 radical (unpaired) electrons. The molecule has 0 bridgehead atoms. The van der Waals surface area contributed by atoms with Gasteiger partial charge in [-0.05, 0) is 49.3 Å². The monoisotopic (exact) mass is 308 g/mol. The molecule has 0 saturated heterocycles. The molecule has 2 fully saturated rings. The fourth-order valence-corrected chi connectivity index (χ4v) is 4.30. The Labute approximate surface area is 127 Å². The maximum absolute atomic E-state index is 12.4. The Balaban J connectivity index is 1.63. The number of rotatable bonds is 6. The number of nitrogens with one attached hydrogen (secondary N) is 2. The highest BCUT2D eigenvalue weighted by Gasteiger charge is 2.28. The normalized spacial score (nSPS) is 26.1. The van der Waals surface area contributed by atoms with E-state index in [0.717, 1.165) is 31.4 Å². The molecule has 0 heterocycles. The van der Waals surface area contributed by atoms with Crippen LogP contribution in [0.2, 0.25) is 0 Å². The van der Waals surface area contributed by atoms with Crippen LogP contribution in [-0.2, 0) is 16.6 Å². The summed E-state index contributed by atoms with van der Waals surface area (Å²) in [6.07, 6.45) is 5.69. The fraction of sp³-hybridized carbons (Fsp3) is 0.625. The van der Waals surface area contributed by atoms with Gasteiger partial charge in [-0.2, -0.15) is 0 Å². The standard InChI is InChI=1S/C16H24N2O2S/c1-12-3-2-4-16(12)18-21(19,20)15-9-5-13(6-10-15)11-17-14-7-8-14/h5-6,9-10,12,14,16-18H,2-4,7-8,11H2,1H3. The second-order valence-electron chi connectivity index (χ2n) is 6.44. The summed E-state index contributed by atoms with van der Waals surface area (Å²) in [6, 6.07) is 7.99. The predicted octanol–water partition coefficient (Wildman–Crippen LogP) is 2.41. The van der Waals surface area contributed by atoms with E-state index in [9.17, 15) is 8.42 Å². The van der Waals surface area contributed by atoms with Crippen LogP contribution in [0, 0.1) is 5.92 Å². The number of hydrogen-bond donors (Lipinski definition) is 2. The van der Waals surface area contributed by atoms with Crippen molar-refractivity contribution in [3.8, 4) is 0 Å². The Morgan fingerprint density at radius 1 is 1.10 bits per heavy atom. The average molecular weight is 308 g/mol. The molecular formula is C16H24N2O2S. The first kappa shape index (κ1) is 15.0. The van der Waals surface area contributed by atoms with Crippen LogP contribution in [0.15, 0.2) is 29.2 Å². The van der Waals surface area contributed by atoms with Crippen molar-refractivity contribution in [1.82, 2.24) is 10.0 Å². The molecule has 2 aliphatic rings. The van der Waals surface area contributed by atoms with E-state index >= 15 is 0 Å². The Hall–Kier alpha value is -0.910. The van der Waals surface area contributed by atoms with Gasteiger partial charge in [0, 0.05) is 18.6 Å². The lowest BCUT2D eigenvalue weighted by Crippen LogP contribution is -2.36. The predicted molar refractivity (Wildman–Crippen MR) is 83.4 cm³/mol. The maximum Gasteiger partial charge on any atom is 0.240 e. The smallest absolute Gasteiger partial charge is 0.240 e. The summed E-state index contributed by atoms with van der Waals surface area (Å²) in [5.74, 6) is 0.432. The largest absolute Gasteiger partial charge is 0.310 e. The minimum Gasteiger partial charge on any atom is -0.310 e. The summed E-state index contributed by atoms with van der Waals surface area (Å²) in [6.45, 7) is 2.94. The molecule has 5 heteroatoms. The molecule has 2 saturated carbocycles. The second-order valence-corrected chi connectivity index (χ2v) is 8.15. The van der Waals surface area contributed by atoms with Crippen LogP contribution >= 0.6 is 0 Å². The molecule has 3 rings (SSSR count). The van der Waals surface area contributed by atoms with Gasteiger partial charge in [0.25, 0.3) is 0 Å². The van der Waals surface area contributed by atoms with Crippen molar-refractivity contribution >= 4 is 10.0 Å². The third-order valence-corrected chi connectivity index (χ3v) is 6.08. The molecule has 1 aromatic rings. The van der Waals surface area contributed by atoms with E-state index in [1.807, 2.05) is 12.1 Å². The van der Waals surface area contributed by atoms with Gasteiger partial charge in [0.05, 0.1) is 4.90 Å². The van der Waals surface area contributed by atoms with Crippen LogP contribution in [0.3, 0.4) is 0 Å². The van der Waals surface area contributed by atoms with Gasteiger partial charge in [-0.3, -0.25) is 0 Å².